The molecule has 0 aliphatic heterocycles. The molecule has 1 aromatic carbocycles. The van der Waals surface area contributed by atoms with E-state index >= 15 is 0 Å². The van der Waals surface area contributed by atoms with Crippen LogP contribution in [0.15, 0.2) is 42.6 Å². The van der Waals surface area contributed by atoms with Crippen molar-refractivity contribution in [1.29, 1.82) is 5.26 Å². The van der Waals surface area contributed by atoms with Crippen LogP contribution in [0.3, 0.4) is 0 Å². The van der Waals surface area contributed by atoms with Gasteiger partial charge >= 0.3 is 0 Å². The first-order valence-electron chi connectivity index (χ1n) is 8.40. The fourth-order valence-electron chi connectivity index (χ4n) is 2.75. The van der Waals surface area contributed by atoms with E-state index in [4.69, 9.17) is 4.43 Å². The normalized spacial score (nSPS) is 12.7. The molecular formula is C20H24N2O2Si. The molecule has 4 nitrogen and oxygen atoms in total. The SMILES string of the molecule is C[SiH](C)O[C@H](c1ccccc1C(=O)c1ncccc1C#N)C(C)(C)C. The molecule has 0 N–H and O–H groups in total. The van der Waals surface area contributed by atoms with E-state index in [1.54, 1.807) is 18.2 Å². The van der Waals surface area contributed by atoms with Gasteiger partial charge in [0, 0.05) is 11.8 Å². The summed E-state index contributed by atoms with van der Waals surface area (Å²) in [6.07, 6.45) is 1.35. The minimum Gasteiger partial charge on any atom is -0.413 e. The van der Waals surface area contributed by atoms with Gasteiger partial charge < -0.3 is 4.43 Å². The molecule has 0 unspecified atom stereocenters. The zero-order valence-corrected chi connectivity index (χ0v) is 16.6. The number of hydrogen-bond donors (Lipinski definition) is 0. The number of carbonyl (C=O) groups is 1. The van der Waals surface area contributed by atoms with Crippen molar-refractivity contribution in [2.24, 2.45) is 5.41 Å². The van der Waals surface area contributed by atoms with Crippen molar-refractivity contribution in [2.45, 2.75) is 40.0 Å². The van der Waals surface area contributed by atoms with E-state index in [0.717, 1.165) is 5.56 Å². The third-order valence-electron chi connectivity index (χ3n) is 3.83. The van der Waals surface area contributed by atoms with Gasteiger partial charge in [-0.1, -0.05) is 45.0 Å². The topological polar surface area (TPSA) is 63.0 Å². The Morgan fingerprint density at radius 3 is 2.48 bits per heavy atom. The summed E-state index contributed by atoms with van der Waals surface area (Å²) in [5.41, 5.74) is 1.72. The summed E-state index contributed by atoms with van der Waals surface area (Å²) < 4.78 is 6.29. The second-order valence-electron chi connectivity index (χ2n) is 7.36. The van der Waals surface area contributed by atoms with Crippen LogP contribution in [0.5, 0.6) is 0 Å². The lowest BCUT2D eigenvalue weighted by molar-refractivity contribution is 0.0839. The summed E-state index contributed by atoms with van der Waals surface area (Å²) in [5, 5.41) is 9.28. The van der Waals surface area contributed by atoms with Crippen molar-refractivity contribution in [1.82, 2.24) is 4.98 Å². The van der Waals surface area contributed by atoms with Crippen molar-refractivity contribution in [3.63, 3.8) is 0 Å². The van der Waals surface area contributed by atoms with Gasteiger partial charge in [0.15, 0.2) is 9.04 Å². The molecule has 2 aromatic rings. The van der Waals surface area contributed by atoms with Crippen molar-refractivity contribution < 1.29 is 9.22 Å². The molecule has 0 fully saturated rings. The quantitative estimate of drug-likeness (QED) is 0.595. The van der Waals surface area contributed by atoms with Crippen LogP contribution in [0.4, 0.5) is 0 Å². The van der Waals surface area contributed by atoms with E-state index in [1.165, 1.54) is 6.20 Å². The summed E-state index contributed by atoms with van der Waals surface area (Å²) in [7, 11) is -1.32. The molecule has 0 saturated heterocycles. The van der Waals surface area contributed by atoms with Gasteiger partial charge in [0.05, 0.1) is 11.7 Å². The summed E-state index contributed by atoms with van der Waals surface area (Å²) in [6.45, 7) is 10.6. The van der Waals surface area contributed by atoms with Crippen LogP contribution in [0.1, 0.15) is 54.1 Å². The Labute approximate surface area is 151 Å². The third-order valence-corrected chi connectivity index (χ3v) is 4.64. The lowest BCUT2D eigenvalue weighted by Gasteiger charge is -2.34. The predicted octanol–water partition coefficient (Wildman–Crippen LogP) is 4.27. The fraction of sp³-hybridized carbons (Fsp3) is 0.350. The van der Waals surface area contributed by atoms with Gasteiger partial charge in [-0.25, -0.2) is 0 Å². The van der Waals surface area contributed by atoms with E-state index in [0.29, 0.717) is 5.56 Å². The molecule has 1 aromatic heterocycles. The van der Waals surface area contributed by atoms with E-state index in [9.17, 15) is 10.1 Å². The summed E-state index contributed by atoms with van der Waals surface area (Å²) in [4.78, 5) is 17.3. The van der Waals surface area contributed by atoms with Gasteiger partial charge in [0.1, 0.15) is 11.8 Å². The average Bonchev–Trinajstić information content (AvgIpc) is 2.58. The maximum Gasteiger partial charge on any atom is 0.213 e. The van der Waals surface area contributed by atoms with E-state index in [1.807, 2.05) is 24.3 Å². The number of pyridine rings is 1. The molecule has 5 heteroatoms. The first-order chi connectivity index (χ1) is 11.8. The minimum absolute atomic E-state index is 0.157. The number of nitrogens with zero attached hydrogens (tertiary/aromatic N) is 2. The lowest BCUT2D eigenvalue weighted by atomic mass is 9.82. The highest BCUT2D eigenvalue weighted by Crippen LogP contribution is 2.38. The Balaban J connectivity index is 2.57. The molecule has 0 spiro atoms. The maximum absolute atomic E-state index is 13.1. The van der Waals surface area contributed by atoms with Crippen LogP contribution >= 0.6 is 0 Å². The van der Waals surface area contributed by atoms with Crippen LogP contribution < -0.4 is 0 Å². The van der Waals surface area contributed by atoms with Crippen molar-refractivity contribution in [3.05, 3.63) is 65.0 Å². The van der Waals surface area contributed by atoms with Gasteiger partial charge in [-0.2, -0.15) is 5.26 Å². The van der Waals surface area contributed by atoms with Crippen molar-refractivity contribution in [3.8, 4) is 6.07 Å². The van der Waals surface area contributed by atoms with Crippen molar-refractivity contribution in [2.75, 3.05) is 0 Å². The number of carbonyl (C=O) groups excluding carboxylic acids is 1. The number of nitriles is 1. The van der Waals surface area contributed by atoms with Gasteiger partial charge in [-0.05, 0) is 36.2 Å². The monoisotopic (exact) mass is 352 g/mol. The molecule has 1 heterocycles. The number of benzene rings is 1. The van der Waals surface area contributed by atoms with E-state index in [-0.39, 0.29) is 28.6 Å². The number of hydrogen-bond acceptors (Lipinski definition) is 4. The highest BCUT2D eigenvalue weighted by Gasteiger charge is 2.31. The van der Waals surface area contributed by atoms with E-state index in [2.05, 4.69) is 38.8 Å². The highest BCUT2D eigenvalue weighted by molar-refractivity contribution is 6.48. The molecule has 0 radical (unpaired) electrons. The molecule has 0 amide bonds. The molecule has 1 atom stereocenters. The smallest absolute Gasteiger partial charge is 0.213 e. The van der Waals surface area contributed by atoms with Crippen LogP contribution in [0.2, 0.25) is 13.1 Å². The molecule has 0 aliphatic rings. The maximum atomic E-state index is 13.1. The third kappa shape index (κ3) is 4.41. The standard InChI is InChI=1S/C20H24N2O2Si/c1-20(2,3)19(24-25(4)5)16-11-7-6-10-15(16)18(23)17-14(13-21)9-8-12-22-17/h6-12,19,25H,1-5H3/t19-/m1/s1. The zero-order valence-electron chi connectivity index (χ0n) is 15.4. The van der Waals surface area contributed by atoms with Crippen LogP contribution in [0, 0.1) is 16.7 Å². The first-order valence-corrected chi connectivity index (χ1v) is 11.2. The van der Waals surface area contributed by atoms with Crippen LogP contribution in [0.25, 0.3) is 0 Å². The van der Waals surface area contributed by atoms with Gasteiger partial charge in [0.2, 0.25) is 5.78 Å². The molecule has 2 rings (SSSR count). The Morgan fingerprint density at radius 2 is 1.88 bits per heavy atom. The molecular weight excluding hydrogens is 328 g/mol. The lowest BCUT2D eigenvalue weighted by Crippen LogP contribution is -2.27. The predicted molar refractivity (Wildman–Crippen MR) is 101 cm³/mol. The number of rotatable bonds is 5. The summed E-state index contributed by atoms with van der Waals surface area (Å²) in [6, 6.07) is 12.8. The molecule has 25 heavy (non-hydrogen) atoms. The Bertz CT molecular complexity index is 804. The Hall–Kier alpha value is -2.29. The van der Waals surface area contributed by atoms with Crippen molar-refractivity contribution >= 4 is 14.8 Å². The first kappa shape index (κ1) is 19.0. The summed E-state index contributed by atoms with van der Waals surface area (Å²) in [5.74, 6) is -0.240. The van der Waals surface area contributed by atoms with E-state index < -0.39 is 9.04 Å². The minimum atomic E-state index is -1.32. The molecule has 0 bridgehead atoms. The second kappa shape index (κ2) is 7.73. The average molecular weight is 353 g/mol. The number of ketones is 1. The second-order valence-corrected chi connectivity index (χ2v) is 9.73. The molecule has 130 valence electrons. The Kier molecular flexibility index (Phi) is 5.88. The van der Waals surface area contributed by atoms with Gasteiger partial charge in [-0.15, -0.1) is 0 Å². The highest BCUT2D eigenvalue weighted by atomic mass is 28.3. The number of aromatic nitrogens is 1. The van der Waals surface area contributed by atoms with Crippen LogP contribution in [-0.2, 0) is 4.43 Å². The summed E-state index contributed by atoms with van der Waals surface area (Å²) >= 11 is 0. The van der Waals surface area contributed by atoms with Gasteiger partial charge in [-0.3, -0.25) is 9.78 Å². The van der Waals surface area contributed by atoms with Gasteiger partial charge in [0.25, 0.3) is 0 Å². The Morgan fingerprint density at radius 1 is 1.20 bits per heavy atom. The molecule has 0 saturated carbocycles. The largest absolute Gasteiger partial charge is 0.413 e. The zero-order chi connectivity index (χ0) is 18.6. The fourth-order valence-corrected chi connectivity index (χ4v) is 3.85. The molecule has 0 aliphatic carbocycles. The van der Waals surface area contributed by atoms with Crippen LogP contribution in [-0.4, -0.2) is 19.8 Å².